The third-order valence-corrected chi connectivity index (χ3v) is 9.49. The first kappa shape index (κ1) is 26.5. The summed E-state index contributed by atoms with van der Waals surface area (Å²) < 4.78 is 7.28. The van der Waals surface area contributed by atoms with Crippen molar-refractivity contribution in [2.45, 2.75) is 58.8 Å². The number of para-hydroxylation sites is 1. The van der Waals surface area contributed by atoms with Crippen LogP contribution in [0.1, 0.15) is 51.5 Å². The fourth-order valence-electron chi connectivity index (χ4n) is 6.96. The second-order valence-electron chi connectivity index (χ2n) is 11.7. The summed E-state index contributed by atoms with van der Waals surface area (Å²) >= 11 is 0. The Bertz CT molecular complexity index is 1330. The number of aliphatic hydroxyl groups is 3. The van der Waals surface area contributed by atoms with Crippen LogP contribution < -0.4 is 0 Å². The number of nitrogens with zero attached hydrogens (tertiary/aromatic N) is 3. The van der Waals surface area contributed by atoms with E-state index in [1.165, 1.54) is 10.9 Å². The van der Waals surface area contributed by atoms with Gasteiger partial charge in [-0.2, -0.15) is 0 Å². The quantitative estimate of drug-likeness (QED) is 0.413. The second kappa shape index (κ2) is 8.97. The van der Waals surface area contributed by atoms with Crippen LogP contribution in [0.25, 0.3) is 5.69 Å². The van der Waals surface area contributed by atoms with Crippen molar-refractivity contribution in [3.63, 3.8) is 0 Å². The molecule has 1 spiro atoms. The molecule has 9 heteroatoms. The Morgan fingerprint density at radius 3 is 2.53 bits per heavy atom. The zero-order valence-corrected chi connectivity index (χ0v) is 22.3. The Labute approximate surface area is 221 Å². The zero-order chi connectivity index (χ0) is 27.6. The van der Waals surface area contributed by atoms with Crippen LogP contribution in [0.15, 0.2) is 59.8 Å². The number of esters is 1. The van der Waals surface area contributed by atoms with Gasteiger partial charge in [0.05, 0.1) is 23.9 Å². The first-order valence-corrected chi connectivity index (χ1v) is 13.0. The standard InChI is InChI=1S/C29H35N3O6/c1-16-13-28-18(3)11-17(2)27(4,5)21(24(28)35)12-19(15-33)23(34)29(28,37)25(16)38-26(36)22-14-30-31-32(22)20-9-7-6-8-10-20/h6-10,12-14,17-18,21,23,25,33-34,37H,11,15H2,1-5H3/t17-,18+,21+,23+,25-,28-,29-/m0/s1. The Hall–Kier alpha value is -3.14. The molecule has 3 aliphatic carbocycles. The van der Waals surface area contributed by atoms with Crippen molar-refractivity contribution in [2.24, 2.45) is 28.6 Å². The zero-order valence-electron chi connectivity index (χ0n) is 22.3. The van der Waals surface area contributed by atoms with E-state index >= 15 is 0 Å². The Kier molecular flexibility index (Phi) is 6.24. The number of ketones is 1. The SMILES string of the molecule is CC1=C[C@]23C(=O)[C@@H](C=C(CO)[C@@H](O)[C@]2(O)[C@H]1OC(=O)c1cnnn1-c1ccccc1)C(C)(C)[C@@H](C)C[C@H]3C. The number of aromatic nitrogens is 3. The van der Waals surface area contributed by atoms with E-state index in [0.717, 1.165) is 0 Å². The smallest absolute Gasteiger partial charge is 0.359 e. The summed E-state index contributed by atoms with van der Waals surface area (Å²) in [5.74, 6) is -1.99. The molecule has 2 aromatic rings. The van der Waals surface area contributed by atoms with Gasteiger partial charge in [-0.05, 0) is 53.9 Å². The van der Waals surface area contributed by atoms with E-state index in [1.54, 1.807) is 43.3 Å². The van der Waals surface area contributed by atoms with Crippen molar-refractivity contribution in [1.29, 1.82) is 0 Å². The minimum atomic E-state index is -2.22. The molecule has 0 saturated heterocycles. The van der Waals surface area contributed by atoms with E-state index in [9.17, 15) is 24.9 Å². The van der Waals surface area contributed by atoms with Crippen LogP contribution in [0.2, 0.25) is 0 Å². The van der Waals surface area contributed by atoms with Crippen LogP contribution in [0, 0.1) is 28.6 Å². The highest BCUT2D eigenvalue weighted by atomic mass is 16.6. The fourth-order valence-corrected chi connectivity index (χ4v) is 6.96. The summed E-state index contributed by atoms with van der Waals surface area (Å²) in [6.07, 6.45) is 2.21. The Balaban J connectivity index is 1.63. The molecule has 0 radical (unpaired) electrons. The normalized spacial score (nSPS) is 36.0. The van der Waals surface area contributed by atoms with Crippen molar-refractivity contribution in [1.82, 2.24) is 15.0 Å². The number of Topliss-reactive ketones (excluding diaryl/α,β-unsaturated/α-hetero) is 1. The molecule has 1 fully saturated rings. The fraction of sp³-hybridized carbons (Fsp3) is 0.517. The maximum absolute atomic E-state index is 14.5. The van der Waals surface area contributed by atoms with Crippen LogP contribution in [-0.2, 0) is 9.53 Å². The highest BCUT2D eigenvalue weighted by Gasteiger charge is 2.73. The largest absolute Gasteiger partial charge is 0.450 e. The van der Waals surface area contributed by atoms with Gasteiger partial charge in [-0.15, -0.1) is 5.10 Å². The Morgan fingerprint density at radius 1 is 1.18 bits per heavy atom. The molecule has 7 atom stereocenters. The van der Waals surface area contributed by atoms with Gasteiger partial charge in [-0.1, -0.05) is 63.3 Å². The van der Waals surface area contributed by atoms with Crippen molar-refractivity contribution in [3.05, 3.63) is 65.5 Å². The van der Waals surface area contributed by atoms with Gasteiger partial charge in [0, 0.05) is 5.92 Å². The number of ether oxygens (including phenoxy) is 1. The molecule has 1 aromatic carbocycles. The van der Waals surface area contributed by atoms with Gasteiger partial charge in [0.2, 0.25) is 0 Å². The molecule has 1 heterocycles. The molecule has 3 aliphatic rings. The van der Waals surface area contributed by atoms with Crippen molar-refractivity contribution in [2.75, 3.05) is 6.61 Å². The minimum absolute atomic E-state index is 0.0301. The highest BCUT2D eigenvalue weighted by Crippen LogP contribution is 2.62. The third kappa shape index (κ3) is 3.41. The van der Waals surface area contributed by atoms with E-state index in [0.29, 0.717) is 17.7 Å². The molecule has 38 heavy (non-hydrogen) atoms. The predicted octanol–water partition coefficient (Wildman–Crippen LogP) is 2.65. The van der Waals surface area contributed by atoms with Crippen LogP contribution in [0.5, 0.6) is 0 Å². The van der Waals surface area contributed by atoms with E-state index in [4.69, 9.17) is 4.74 Å². The predicted molar refractivity (Wildman–Crippen MR) is 138 cm³/mol. The summed E-state index contributed by atoms with van der Waals surface area (Å²) in [5, 5.41) is 42.3. The number of rotatable bonds is 4. The minimum Gasteiger partial charge on any atom is -0.450 e. The van der Waals surface area contributed by atoms with Gasteiger partial charge in [-0.25, -0.2) is 9.48 Å². The summed E-state index contributed by atoms with van der Waals surface area (Å²) in [4.78, 5) is 28.0. The van der Waals surface area contributed by atoms with E-state index in [2.05, 4.69) is 17.2 Å². The number of carbonyl (C=O) groups is 2. The number of carbonyl (C=O) groups excluding carboxylic acids is 2. The lowest BCUT2D eigenvalue weighted by atomic mass is 9.59. The Morgan fingerprint density at radius 2 is 1.87 bits per heavy atom. The van der Waals surface area contributed by atoms with Gasteiger partial charge < -0.3 is 20.1 Å². The topological polar surface area (TPSA) is 135 Å². The molecular weight excluding hydrogens is 486 g/mol. The highest BCUT2D eigenvalue weighted by molar-refractivity contribution is 5.95. The van der Waals surface area contributed by atoms with Crippen molar-refractivity contribution >= 4 is 11.8 Å². The van der Waals surface area contributed by atoms with Crippen molar-refractivity contribution < 1.29 is 29.6 Å². The molecule has 3 N–H and O–H groups in total. The average molecular weight is 522 g/mol. The summed E-state index contributed by atoms with van der Waals surface area (Å²) in [7, 11) is 0. The average Bonchev–Trinajstić information content (AvgIpc) is 3.44. The summed E-state index contributed by atoms with van der Waals surface area (Å²) in [6, 6.07) is 8.95. The molecular formula is C29H35N3O6. The van der Waals surface area contributed by atoms with Crippen molar-refractivity contribution in [3.8, 4) is 5.69 Å². The van der Waals surface area contributed by atoms with E-state index < -0.39 is 47.1 Å². The lowest BCUT2D eigenvalue weighted by molar-refractivity contribution is -0.190. The number of fused-ring (bicyclic) bond motifs is 1. The molecule has 0 unspecified atom stereocenters. The maximum atomic E-state index is 14.5. The number of allylic oxidation sites excluding steroid dienone is 1. The molecule has 202 valence electrons. The van der Waals surface area contributed by atoms with Gasteiger partial charge in [0.1, 0.15) is 6.10 Å². The van der Waals surface area contributed by atoms with Gasteiger partial charge in [0.25, 0.3) is 0 Å². The van der Waals surface area contributed by atoms with Crippen LogP contribution in [0.4, 0.5) is 0 Å². The van der Waals surface area contributed by atoms with Gasteiger partial charge >= 0.3 is 5.97 Å². The van der Waals surface area contributed by atoms with Crippen LogP contribution >= 0.6 is 0 Å². The van der Waals surface area contributed by atoms with E-state index in [-0.39, 0.29) is 28.9 Å². The molecule has 2 bridgehead atoms. The van der Waals surface area contributed by atoms with Gasteiger partial charge in [-0.3, -0.25) is 4.79 Å². The second-order valence-corrected chi connectivity index (χ2v) is 11.7. The summed E-state index contributed by atoms with van der Waals surface area (Å²) in [6.45, 7) is 9.14. The lowest BCUT2D eigenvalue weighted by Gasteiger charge is -2.48. The van der Waals surface area contributed by atoms with Gasteiger partial charge in [0.15, 0.2) is 23.2 Å². The molecule has 1 aromatic heterocycles. The summed E-state index contributed by atoms with van der Waals surface area (Å²) in [5.41, 5.74) is -3.02. The number of hydrogen-bond donors (Lipinski definition) is 3. The third-order valence-electron chi connectivity index (χ3n) is 9.49. The first-order chi connectivity index (χ1) is 17.9. The number of hydrogen-bond acceptors (Lipinski definition) is 8. The first-order valence-electron chi connectivity index (χ1n) is 13.0. The molecule has 0 aliphatic heterocycles. The monoisotopic (exact) mass is 521 g/mol. The number of benzene rings is 1. The molecule has 5 rings (SSSR count). The number of aliphatic hydroxyl groups excluding tert-OH is 2. The maximum Gasteiger partial charge on any atom is 0.359 e. The molecule has 0 amide bonds. The van der Waals surface area contributed by atoms with Crippen LogP contribution in [0.3, 0.4) is 0 Å². The van der Waals surface area contributed by atoms with Crippen LogP contribution in [-0.4, -0.2) is 66.5 Å². The molecule has 1 saturated carbocycles. The molecule has 9 nitrogen and oxygen atoms in total. The lowest BCUT2D eigenvalue weighted by Crippen LogP contribution is -2.65. The van der Waals surface area contributed by atoms with E-state index in [1.807, 2.05) is 26.8 Å².